The van der Waals surface area contributed by atoms with Crippen molar-refractivity contribution in [3.05, 3.63) is 29.8 Å². The number of piperidine rings is 1. The van der Waals surface area contributed by atoms with Gasteiger partial charge in [0.1, 0.15) is 5.60 Å². The van der Waals surface area contributed by atoms with E-state index in [0.29, 0.717) is 38.6 Å². The Labute approximate surface area is 230 Å². The highest BCUT2D eigenvalue weighted by Crippen LogP contribution is 2.35. The number of sulfonamides is 1. The molecule has 2 saturated heterocycles. The molecular weight excluding hydrogens is 524 g/mol. The maximum absolute atomic E-state index is 13.1. The second-order valence-electron chi connectivity index (χ2n) is 11.6. The van der Waals surface area contributed by atoms with Crippen LogP contribution in [0.3, 0.4) is 0 Å². The SMILES string of the molecule is Cc1ccc(S(=O)(=O)NN=C2CCC(OC[C@@H]3N(C(=O)OC(C)(C)C)CCC[C@@]34CCOC(=O)N4)CC2)cc1. The van der Waals surface area contributed by atoms with Crippen molar-refractivity contribution in [3.8, 4) is 0 Å². The molecule has 3 aliphatic rings. The average Bonchev–Trinajstić information content (AvgIpc) is 2.86. The van der Waals surface area contributed by atoms with Crippen molar-refractivity contribution >= 4 is 27.9 Å². The van der Waals surface area contributed by atoms with E-state index < -0.39 is 39.4 Å². The van der Waals surface area contributed by atoms with Gasteiger partial charge in [0.25, 0.3) is 10.0 Å². The lowest BCUT2D eigenvalue weighted by Gasteiger charge is -2.51. The van der Waals surface area contributed by atoms with E-state index in [2.05, 4.69) is 15.2 Å². The summed E-state index contributed by atoms with van der Waals surface area (Å²) in [5, 5.41) is 7.17. The minimum absolute atomic E-state index is 0.0762. The minimum atomic E-state index is -3.73. The van der Waals surface area contributed by atoms with Crippen molar-refractivity contribution in [2.45, 2.75) is 101 Å². The third-order valence-electron chi connectivity index (χ3n) is 7.45. The van der Waals surface area contributed by atoms with E-state index in [4.69, 9.17) is 14.2 Å². The molecule has 12 heteroatoms. The maximum atomic E-state index is 13.1. The Morgan fingerprint density at radius 2 is 1.90 bits per heavy atom. The fraction of sp³-hybridized carbons (Fsp3) is 0.667. The molecule has 4 rings (SSSR count). The molecule has 0 unspecified atom stereocenters. The summed E-state index contributed by atoms with van der Waals surface area (Å²) in [7, 11) is -3.73. The number of carbonyl (C=O) groups is 2. The van der Waals surface area contributed by atoms with Crippen LogP contribution in [0.5, 0.6) is 0 Å². The fourth-order valence-electron chi connectivity index (χ4n) is 5.36. The Balaban J connectivity index is 1.37. The standard InChI is InChI=1S/C27H40N4O7S/c1-19-6-12-22(13-7-19)39(34,35)30-29-20-8-10-21(11-9-20)37-18-23-27(15-17-36-24(32)28-27)14-5-16-31(23)25(33)38-26(2,3)4/h6-7,12-13,21,23,30H,5,8-11,14-18H2,1-4H3,(H,28,32)/t21?,23-,27+/m0/s1. The van der Waals surface area contributed by atoms with Crippen LogP contribution >= 0.6 is 0 Å². The predicted octanol–water partition coefficient (Wildman–Crippen LogP) is 3.86. The van der Waals surface area contributed by atoms with Gasteiger partial charge in [-0.15, -0.1) is 0 Å². The van der Waals surface area contributed by atoms with Crippen molar-refractivity contribution in [2.75, 3.05) is 19.8 Å². The first-order valence-electron chi connectivity index (χ1n) is 13.6. The molecule has 0 aromatic heterocycles. The summed E-state index contributed by atoms with van der Waals surface area (Å²) in [5.41, 5.74) is 0.462. The molecule has 2 amide bonds. The van der Waals surface area contributed by atoms with E-state index in [1.807, 2.05) is 27.7 Å². The van der Waals surface area contributed by atoms with Crippen molar-refractivity contribution in [3.63, 3.8) is 0 Å². The molecule has 2 aliphatic heterocycles. The van der Waals surface area contributed by atoms with Gasteiger partial charge in [0.15, 0.2) is 0 Å². The van der Waals surface area contributed by atoms with Gasteiger partial charge in [-0.2, -0.15) is 13.5 Å². The summed E-state index contributed by atoms with van der Waals surface area (Å²) < 4.78 is 42.2. The predicted molar refractivity (Wildman–Crippen MR) is 145 cm³/mol. The first-order valence-corrected chi connectivity index (χ1v) is 15.1. The van der Waals surface area contributed by atoms with Crippen LogP contribution in [0, 0.1) is 6.92 Å². The molecule has 11 nitrogen and oxygen atoms in total. The number of nitrogens with one attached hydrogen (secondary N) is 2. The van der Waals surface area contributed by atoms with Gasteiger partial charge in [0.2, 0.25) is 0 Å². The molecule has 1 aliphatic carbocycles. The topological polar surface area (TPSA) is 136 Å². The number of rotatable bonds is 6. The highest BCUT2D eigenvalue weighted by molar-refractivity contribution is 7.89. The van der Waals surface area contributed by atoms with Crippen LogP contribution in [-0.4, -0.2) is 74.3 Å². The van der Waals surface area contributed by atoms with Gasteiger partial charge in [-0.05, 0) is 78.4 Å². The number of hydrogen-bond acceptors (Lipinski definition) is 8. The highest BCUT2D eigenvalue weighted by atomic mass is 32.2. The molecule has 1 spiro atoms. The van der Waals surface area contributed by atoms with E-state index >= 15 is 0 Å². The molecule has 2 N–H and O–H groups in total. The third kappa shape index (κ3) is 7.42. The minimum Gasteiger partial charge on any atom is -0.449 e. The summed E-state index contributed by atoms with van der Waals surface area (Å²) in [6, 6.07) is 6.21. The number of amides is 2. The number of hydrazone groups is 1. The first kappa shape index (κ1) is 29.1. The Morgan fingerprint density at radius 1 is 1.21 bits per heavy atom. The molecule has 216 valence electrons. The molecular formula is C27H40N4O7S. The van der Waals surface area contributed by atoms with Crippen LogP contribution in [-0.2, 0) is 24.2 Å². The van der Waals surface area contributed by atoms with Crippen LogP contribution < -0.4 is 10.1 Å². The zero-order chi connectivity index (χ0) is 28.3. The Hall–Kier alpha value is -2.86. The number of ether oxygens (including phenoxy) is 3. The Kier molecular flexibility index (Phi) is 8.75. The van der Waals surface area contributed by atoms with E-state index in [9.17, 15) is 18.0 Å². The first-order chi connectivity index (χ1) is 18.4. The Bertz CT molecular complexity index is 1170. The van der Waals surface area contributed by atoms with Crippen LogP contribution in [0.2, 0.25) is 0 Å². The van der Waals surface area contributed by atoms with Crippen LogP contribution in [0.15, 0.2) is 34.3 Å². The summed E-state index contributed by atoms with van der Waals surface area (Å²) in [5.74, 6) is 0. The molecule has 0 radical (unpaired) electrons. The largest absolute Gasteiger partial charge is 0.449 e. The molecule has 1 aromatic rings. The lowest BCUT2D eigenvalue weighted by molar-refractivity contribution is -0.0668. The zero-order valence-corrected chi connectivity index (χ0v) is 24.0. The molecule has 1 aromatic carbocycles. The number of nitrogens with zero attached hydrogens (tertiary/aromatic N) is 2. The normalized spacial score (nSPS) is 26.0. The summed E-state index contributed by atoms with van der Waals surface area (Å²) in [6.45, 7) is 8.43. The number of cyclic esters (lactones) is 1. The molecule has 2 atom stereocenters. The number of hydrogen-bond donors (Lipinski definition) is 2. The fourth-order valence-corrected chi connectivity index (χ4v) is 6.21. The number of aryl methyl sites for hydroxylation is 1. The van der Waals surface area contributed by atoms with Crippen LogP contribution in [0.4, 0.5) is 9.59 Å². The van der Waals surface area contributed by atoms with Gasteiger partial charge in [-0.25, -0.2) is 14.4 Å². The van der Waals surface area contributed by atoms with Crippen LogP contribution in [0.1, 0.15) is 71.3 Å². The highest BCUT2D eigenvalue weighted by Gasteiger charge is 2.50. The van der Waals surface area contributed by atoms with E-state index in [1.165, 1.54) is 0 Å². The number of alkyl carbamates (subject to hydrolysis) is 1. The average molecular weight is 565 g/mol. The smallest absolute Gasteiger partial charge is 0.410 e. The summed E-state index contributed by atoms with van der Waals surface area (Å²) >= 11 is 0. The lowest BCUT2D eigenvalue weighted by Crippen LogP contribution is -2.70. The third-order valence-corrected chi connectivity index (χ3v) is 8.68. The molecule has 0 bridgehead atoms. The van der Waals surface area contributed by atoms with Crippen molar-refractivity contribution in [2.24, 2.45) is 5.10 Å². The van der Waals surface area contributed by atoms with E-state index in [0.717, 1.165) is 24.1 Å². The Morgan fingerprint density at radius 3 is 2.54 bits per heavy atom. The van der Waals surface area contributed by atoms with Gasteiger partial charge in [-0.1, -0.05) is 17.7 Å². The summed E-state index contributed by atoms with van der Waals surface area (Å²) in [4.78, 5) is 29.5. The van der Waals surface area contributed by atoms with Crippen molar-refractivity contribution < 1.29 is 32.2 Å². The molecule has 2 heterocycles. The zero-order valence-electron chi connectivity index (χ0n) is 23.2. The van der Waals surface area contributed by atoms with E-state index in [-0.39, 0.29) is 24.2 Å². The van der Waals surface area contributed by atoms with Crippen LogP contribution in [0.25, 0.3) is 0 Å². The molecule has 39 heavy (non-hydrogen) atoms. The molecule has 1 saturated carbocycles. The second-order valence-corrected chi connectivity index (χ2v) is 13.2. The van der Waals surface area contributed by atoms with Crippen molar-refractivity contribution in [1.29, 1.82) is 0 Å². The lowest BCUT2D eigenvalue weighted by atomic mass is 9.78. The number of benzene rings is 1. The number of likely N-dealkylation sites (tertiary alicyclic amines) is 1. The van der Waals surface area contributed by atoms with Gasteiger partial charge in [-0.3, -0.25) is 0 Å². The van der Waals surface area contributed by atoms with E-state index in [1.54, 1.807) is 29.2 Å². The number of carbonyl (C=O) groups excluding carboxylic acids is 2. The maximum Gasteiger partial charge on any atom is 0.410 e. The van der Waals surface area contributed by atoms with Gasteiger partial charge in [0.05, 0.1) is 35.8 Å². The monoisotopic (exact) mass is 564 g/mol. The molecule has 3 fully saturated rings. The quantitative estimate of drug-likeness (QED) is 0.501. The van der Waals surface area contributed by atoms with Gasteiger partial charge < -0.3 is 24.4 Å². The van der Waals surface area contributed by atoms with Gasteiger partial charge in [0, 0.05) is 18.7 Å². The second kappa shape index (κ2) is 11.7. The van der Waals surface area contributed by atoms with Crippen molar-refractivity contribution in [1.82, 2.24) is 15.0 Å². The van der Waals surface area contributed by atoms with Gasteiger partial charge >= 0.3 is 12.2 Å². The summed E-state index contributed by atoms with van der Waals surface area (Å²) in [6.07, 6.45) is 3.59.